The Balaban J connectivity index is 1.35. The number of carbonyl (C=O) groups is 3. The van der Waals surface area contributed by atoms with Gasteiger partial charge in [0.15, 0.2) is 0 Å². The summed E-state index contributed by atoms with van der Waals surface area (Å²) < 4.78 is 11.2. The standard InChI is InChI=1S/C27H32N2O6/c1-27(25(32)29(2)14-8-7-13-24(30)31)17-34-16-23(27)28-26(33)35-15-22-20-11-5-3-9-18(20)19-10-4-6-12-21(19)22/h3-6,9-12,22-23H,7-8,13-17H2,1-2H3,(H,28,33)(H,30,31). The van der Waals surface area contributed by atoms with Crippen LogP contribution in [0.25, 0.3) is 11.1 Å². The Hall–Kier alpha value is -3.39. The number of amides is 2. The zero-order chi connectivity index (χ0) is 25.0. The predicted molar refractivity (Wildman–Crippen MR) is 130 cm³/mol. The Morgan fingerprint density at radius 3 is 2.34 bits per heavy atom. The Kier molecular flexibility index (Phi) is 7.40. The van der Waals surface area contributed by atoms with Crippen molar-refractivity contribution in [3.8, 4) is 11.1 Å². The minimum atomic E-state index is -0.923. The molecule has 35 heavy (non-hydrogen) atoms. The van der Waals surface area contributed by atoms with Crippen molar-refractivity contribution < 1.29 is 29.0 Å². The van der Waals surface area contributed by atoms with Crippen LogP contribution in [0.3, 0.4) is 0 Å². The number of benzene rings is 2. The van der Waals surface area contributed by atoms with Crippen LogP contribution in [0.5, 0.6) is 0 Å². The van der Waals surface area contributed by atoms with Crippen LogP contribution in [-0.4, -0.2) is 67.4 Å². The van der Waals surface area contributed by atoms with Gasteiger partial charge in [-0.15, -0.1) is 0 Å². The van der Waals surface area contributed by atoms with E-state index in [1.165, 1.54) is 0 Å². The van der Waals surface area contributed by atoms with Crippen LogP contribution in [0.4, 0.5) is 4.79 Å². The van der Waals surface area contributed by atoms with Gasteiger partial charge in [-0.25, -0.2) is 4.79 Å². The first-order valence-corrected chi connectivity index (χ1v) is 12.0. The number of unbranched alkanes of at least 4 members (excludes halogenated alkanes) is 1. The van der Waals surface area contributed by atoms with Gasteiger partial charge in [0.25, 0.3) is 0 Å². The molecule has 1 saturated heterocycles. The maximum absolute atomic E-state index is 13.2. The van der Waals surface area contributed by atoms with Crippen molar-refractivity contribution in [2.75, 3.05) is 33.4 Å². The quantitative estimate of drug-likeness (QED) is 0.531. The van der Waals surface area contributed by atoms with Crippen LogP contribution in [0.15, 0.2) is 48.5 Å². The summed E-state index contributed by atoms with van der Waals surface area (Å²) in [5.41, 5.74) is 3.66. The van der Waals surface area contributed by atoms with E-state index in [0.717, 1.165) is 22.3 Å². The van der Waals surface area contributed by atoms with Crippen molar-refractivity contribution in [1.29, 1.82) is 0 Å². The lowest BCUT2D eigenvalue weighted by molar-refractivity contribution is -0.140. The number of rotatable bonds is 9. The summed E-state index contributed by atoms with van der Waals surface area (Å²) >= 11 is 0. The number of hydrogen-bond acceptors (Lipinski definition) is 5. The van der Waals surface area contributed by atoms with E-state index in [2.05, 4.69) is 29.6 Å². The first-order valence-electron chi connectivity index (χ1n) is 12.0. The maximum Gasteiger partial charge on any atom is 0.407 e. The molecule has 2 aliphatic rings. The number of nitrogens with zero attached hydrogens (tertiary/aromatic N) is 1. The average molecular weight is 481 g/mol. The van der Waals surface area contributed by atoms with Gasteiger partial charge in [0, 0.05) is 25.9 Å². The van der Waals surface area contributed by atoms with Crippen molar-refractivity contribution in [1.82, 2.24) is 10.2 Å². The molecular formula is C27H32N2O6. The molecule has 1 fully saturated rings. The van der Waals surface area contributed by atoms with Gasteiger partial charge in [-0.3, -0.25) is 9.59 Å². The minimum absolute atomic E-state index is 0.0436. The Bertz CT molecular complexity index is 1060. The maximum atomic E-state index is 13.2. The van der Waals surface area contributed by atoms with E-state index in [4.69, 9.17) is 14.6 Å². The summed E-state index contributed by atoms with van der Waals surface area (Å²) in [6.07, 6.45) is 0.594. The van der Waals surface area contributed by atoms with E-state index in [0.29, 0.717) is 19.4 Å². The summed E-state index contributed by atoms with van der Waals surface area (Å²) in [4.78, 5) is 38.2. The summed E-state index contributed by atoms with van der Waals surface area (Å²) in [5, 5.41) is 11.6. The highest BCUT2D eigenvalue weighted by molar-refractivity contribution is 5.84. The molecule has 2 atom stereocenters. The lowest BCUT2D eigenvalue weighted by Crippen LogP contribution is -2.54. The van der Waals surface area contributed by atoms with Crippen molar-refractivity contribution in [2.24, 2.45) is 5.41 Å². The normalized spacial score (nSPS) is 20.7. The molecule has 0 aromatic heterocycles. The molecule has 2 aromatic rings. The van der Waals surface area contributed by atoms with Gasteiger partial charge in [0.1, 0.15) is 6.61 Å². The lowest BCUT2D eigenvalue weighted by atomic mass is 9.83. The molecule has 1 aliphatic carbocycles. The number of nitrogens with one attached hydrogen (secondary N) is 1. The van der Waals surface area contributed by atoms with Crippen LogP contribution in [0.2, 0.25) is 0 Å². The molecule has 0 bridgehead atoms. The fourth-order valence-corrected chi connectivity index (χ4v) is 5.03. The third-order valence-corrected chi connectivity index (χ3v) is 7.06. The van der Waals surface area contributed by atoms with Crippen molar-refractivity contribution in [2.45, 2.75) is 38.1 Å². The number of carbonyl (C=O) groups excluding carboxylic acids is 2. The monoisotopic (exact) mass is 480 g/mol. The average Bonchev–Trinajstić information content (AvgIpc) is 3.38. The predicted octanol–water partition coefficient (Wildman–Crippen LogP) is 3.64. The Morgan fingerprint density at radius 1 is 1.09 bits per heavy atom. The first-order chi connectivity index (χ1) is 16.8. The summed E-state index contributed by atoms with van der Waals surface area (Å²) in [6, 6.07) is 15.8. The molecule has 186 valence electrons. The van der Waals surface area contributed by atoms with Crippen LogP contribution in [0.1, 0.15) is 43.2 Å². The fourth-order valence-electron chi connectivity index (χ4n) is 5.03. The molecule has 0 spiro atoms. The van der Waals surface area contributed by atoms with Gasteiger partial charge >= 0.3 is 12.1 Å². The van der Waals surface area contributed by atoms with Crippen LogP contribution in [0, 0.1) is 5.41 Å². The van der Waals surface area contributed by atoms with Gasteiger partial charge in [0.05, 0.1) is 24.7 Å². The zero-order valence-electron chi connectivity index (χ0n) is 20.2. The largest absolute Gasteiger partial charge is 0.481 e. The molecule has 0 radical (unpaired) electrons. The number of aliphatic carboxylic acids is 1. The van der Waals surface area contributed by atoms with Crippen molar-refractivity contribution >= 4 is 18.0 Å². The minimum Gasteiger partial charge on any atom is -0.481 e. The zero-order valence-corrected chi connectivity index (χ0v) is 20.2. The van der Waals surface area contributed by atoms with Gasteiger partial charge in [-0.1, -0.05) is 48.5 Å². The van der Waals surface area contributed by atoms with Crippen LogP contribution < -0.4 is 5.32 Å². The number of alkyl carbamates (subject to hydrolysis) is 1. The van der Waals surface area contributed by atoms with Gasteiger partial charge in [0.2, 0.25) is 5.91 Å². The molecule has 2 N–H and O–H groups in total. The second-order valence-electron chi connectivity index (χ2n) is 9.53. The van der Waals surface area contributed by atoms with E-state index in [1.807, 2.05) is 24.3 Å². The van der Waals surface area contributed by atoms with Crippen LogP contribution >= 0.6 is 0 Å². The topological polar surface area (TPSA) is 105 Å². The van der Waals surface area contributed by atoms with Crippen molar-refractivity contribution in [3.63, 3.8) is 0 Å². The highest BCUT2D eigenvalue weighted by Gasteiger charge is 2.48. The smallest absolute Gasteiger partial charge is 0.407 e. The number of hydrogen-bond donors (Lipinski definition) is 2. The molecule has 2 unspecified atom stereocenters. The van der Waals surface area contributed by atoms with E-state index in [9.17, 15) is 14.4 Å². The molecule has 1 heterocycles. The summed E-state index contributed by atoms with van der Waals surface area (Å²) in [6.45, 7) is 2.84. The third kappa shape index (κ3) is 5.17. The number of carboxylic acid groups (broad SMARTS) is 1. The first kappa shape index (κ1) is 24.7. The molecule has 2 aromatic carbocycles. The fraction of sp³-hybridized carbons (Fsp3) is 0.444. The Labute approximate surface area is 205 Å². The molecule has 0 saturated carbocycles. The highest BCUT2D eigenvalue weighted by atomic mass is 16.5. The van der Waals surface area contributed by atoms with E-state index in [1.54, 1.807) is 18.9 Å². The second-order valence-corrected chi connectivity index (χ2v) is 9.53. The van der Waals surface area contributed by atoms with E-state index in [-0.39, 0.29) is 38.1 Å². The van der Waals surface area contributed by atoms with Crippen LogP contribution in [-0.2, 0) is 19.1 Å². The molecular weight excluding hydrogens is 448 g/mol. The van der Waals surface area contributed by atoms with E-state index >= 15 is 0 Å². The van der Waals surface area contributed by atoms with Gasteiger partial charge < -0.3 is 24.8 Å². The molecule has 2 amide bonds. The molecule has 8 nitrogen and oxygen atoms in total. The van der Waals surface area contributed by atoms with Gasteiger partial charge in [-0.05, 0) is 42.0 Å². The SMILES string of the molecule is CN(CCCCC(=O)O)C(=O)C1(C)COCC1NC(=O)OCC1c2ccccc2-c2ccccc21. The summed E-state index contributed by atoms with van der Waals surface area (Å²) in [7, 11) is 1.69. The number of ether oxygens (including phenoxy) is 2. The second kappa shape index (κ2) is 10.5. The van der Waals surface area contributed by atoms with Crippen molar-refractivity contribution in [3.05, 3.63) is 59.7 Å². The molecule has 4 rings (SSSR count). The number of fused-ring (bicyclic) bond motifs is 3. The highest BCUT2D eigenvalue weighted by Crippen LogP contribution is 2.44. The Morgan fingerprint density at radius 2 is 1.71 bits per heavy atom. The lowest BCUT2D eigenvalue weighted by Gasteiger charge is -2.32. The molecule has 8 heteroatoms. The molecule has 1 aliphatic heterocycles. The summed E-state index contributed by atoms with van der Waals surface area (Å²) in [5.74, 6) is -1.03. The number of carboxylic acids is 1. The van der Waals surface area contributed by atoms with E-state index < -0.39 is 23.5 Å². The van der Waals surface area contributed by atoms with Gasteiger partial charge in [-0.2, -0.15) is 0 Å². The third-order valence-electron chi connectivity index (χ3n) is 7.06.